The fourth-order valence-electron chi connectivity index (χ4n) is 4.28. The number of esters is 2. The van der Waals surface area contributed by atoms with Gasteiger partial charge in [-0.2, -0.15) is 0 Å². The third-order valence-electron chi connectivity index (χ3n) is 6.23. The highest BCUT2D eigenvalue weighted by molar-refractivity contribution is 6.12. The first-order valence-electron chi connectivity index (χ1n) is 11.1. The molecule has 0 radical (unpaired) electrons. The first kappa shape index (κ1) is 22.8. The first-order chi connectivity index (χ1) is 16.8. The number of hydrogen-bond acceptors (Lipinski definition) is 9. The van der Waals surface area contributed by atoms with Crippen LogP contribution in [0.5, 0.6) is 28.7 Å². The van der Waals surface area contributed by atoms with Gasteiger partial charge in [-0.05, 0) is 41.0 Å². The number of rotatable bonds is 6. The molecule has 0 saturated heterocycles. The lowest BCUT2D eigenvalue weighted by molar-refractivity contribution is -0.136. The molecule has 0 aliphatic carbocycles. The number of nitrogens with two attached hydrogens (primary N) is 1. The van der Waals surface area contributed by atoms with E-state index in [4.69, 9.17) is 34.2 Å². The van der Waals surface area contributed by atoms with Crippen LogP contribution < -0.4 is 29.4 Å². The van der Waals surface area contributed by atoms with Crippen molar-refractivity contribution in [3.05, 3.63) is 41.5 Å². The van der Waals surface area contributed by atoms with Crippen molar-refractivity contribution in [3.8, 4) is 39.9 Å². The zero-order valence-electron chi connectivity index (χ0n) is 19.8. The fourth-order valence-corrected chi connectivity index (χ4v) is 4.28. The van der Waals surface area contributed by atoms with E-state index < -0.39 is 18.0 Å². The summed E-state index contributed by atoms with van der Waals surface area (Å²) in [5, 5.41) is 1.48. The molecule has 2 heterocycles. The second kappa shape index (κ2) is 8.66. The topological polar surface area (TPSA) is 116 Å². The zero-order valence-corrected chi connectivity index (χ0v) is 19.8. The van der Waals surface area contributed by atoms with E-state index in [1.807, 2.05) is 26.0 Å². The molecule has 182 valence electrons. The zero-order chi connectivity index (χ0) is 24.9. The Labute approximate surface area is 201 Å². The monoisotopic (exact) mass is 479 g/mol. The van der Waals surface area contributed by atoms with Crippen molar-refractivity contribution < 1.29 is 38.0 Å². The largest absolute Gasteiger partial charge is 0.493 e. The molecule has 9 heteroatoms. The molecule has 3 aromatic rings. The maximum atomic E-state index is 12.9. The average molecular weight is 479 g/mol. The van der Waals surface area contributed by atoms with Crippen LogP contribution in [0.2, 0.25) is 0 Å². The van der Waals surface area contributed by atoms with Crippen LogP contribution in [-0.4, -0.2) is 39.0 Å². The Bertz CT molecular complexity index is 1360. The smallest absolute Gasteiger partial charge is 0.339 e. The Kier molecular flexibility index (Phi) is 5.64. The Morgan fingerprint density at radius 2 is 1.60 bits per heavy atom. The molecule has 0 fully saturated rings. The van der Waals surface area contributed by atoms with Crippen molar-refractivity contribution in [2.75, 3.05) is 21.0 Å². The number of ether oxygens (including phenoxy) is 6. The van der Waals surface area contributed by atoms with Gasteiger partial charge in [0.15, 0.2) is 23.0 Å². The molecule has 3 aromatic carbocycles. The van der Waals surface area contributed by atoms with E-state index in [9.17, 15) is 9.59 Å². The molecule has 0 amide bonds. The van der Waals surface area contributed by atoms with E-state index in [-0.39, 0.29) is 25.1 Å². The molecule has 0 bridgehead atoms. The van der Waals surface area contributed by atoms with Gasteiger partial charge in [-0.3, -0.25) is 0 Å². The molecular formula is C26H25NO8. The molecule has 1 atom stereocenters. The van der Waals surface area contributed by atoms with Crippen molar-refractivity contribution in [3.63, 3.8) is 0 Å². The lowest BCUT2D eigenvalue weighted by Gasteiger charge is -2.19. The summed E-state index contributed by atoms with van der Waals surface area (Å²) in [6, 6.07) is 7.94. The van der Waals surface area contributed by atoms with Gasteiger partial charge in [-0.15, -0.1) is 0 Å². The van der Waals surface area contributed by atoms with Gasteiger partial charge in [0, 0.05) is 22.8 Å². The number of benzene rings is 3. The van der Waals surface area contributed by atoms with E-state index in [1.165, 1.54) is 7.11 Å². The fraction of sp³-hybridized carbons (Fsp3) is 0.308. The predicted molar refractivity (Wildman–Crippen MR) is 126 cm³/mol. The van der Waals surface area contributed by atoms with Crippen LogP contribution in [0.3, 0.4) is 0 Å². The van der Waals surface area contributed by atoms with Gasteiger partial charge < -0.3 is 34.2 Å². The molecule has 5 rings (SSSR count). The number of carbonyl (C=O) groups is 2. The highest BCUT2D eigenvalue weighted by Crippen LogP contribution is 2.48. The molecule has 0 spiro atoms. The van der Waals surface area contributed by atoms with Gasteiger partial charge in [0.05, 0.1) is 19.8 Å². The first-order valence-corrected chi connectivity index (χ1v) is 11.1. The van der Waals surface area contributed by atoms with Crippen LogP contribution in [-0.2, 0) is 16.1 Å². The van der Waals surface area contributed by atoms with Crippen molar-refractivity contribution in [2.45, 2.75) is 26.5 Å². The summed E-state index contributed by atoms with van der Waals surface area (Å²) >= 11 is 0. The number of fused-ring (bicyclic) bond motifs is 3. The standard InChI is InChI=1S/C26H25NO8/c1-12(2)24(27)26(29)35-17-9-21-20(33-11-34-21)8-16(17)23-15-7-19(31-4)18(30-3)6-13(15)5-14-10-32-25(28)22(14)23/h5-9,12,24H,10-11,27H2,1-4H3/t24-/m0/s1. The van der Waals surface area contributed by atoms with Crippen molar-refractivity contribution in [1.82, 2.24) is 0 Å². The molecule has 0 saturated carbocycles. The molecule has 9 nitrogen and oxygen atoms in total. The van der Waals surface area contributed by atoms with Crippen molar-refractivity contribution >= 4 is 22.7 Å². The second-order valence-electron chi connectivity index (χ2n) is 8.68. The Hall–Kier alpha value is -3.98. The van der Waals surface area contributed by atoms with Crippen LogP contribution in [0.4, 0.5) is 0 Å². The lowest BCUT2D eigenvalue weighted by Crippen LogP contribution is -2.38. The number of hydrogen-bond donors (Lipinski definition) is 1. The van der Waals surface area contributed by atoms with Crippen LogP contribution in [0.15, 0.2) is 30.3 Å². The van der Waals surface area contributed by atoms with Gasteiger partial charge >= 0.3 is 11.9 Å². The van der Waals surface area contributed by atoms with E-state index in [0.29, 0.717) is 50.6 Å². The number of cyclic esters (lactones) is 1. The van der Waals surface area contributed by atoms with Gasteiger partial charge in [0.25, 0.3) is 0 Å². The lowest BCUT2D eigenvalue weighted by atomic mass is 9.89. The average Bonchev–Trinajstić information content (AvgIpc) is 3.46. The van der Waals surface area contributed by atoms with E-state index >= 15 is 0 Å². The second-order valence-corrected chi connectivity index (χ2v) is 8.68. The molecular weight excluding hydrogens is 454 g/mol. The van der Waals surface area contributed by atoms with Crippen LogP contribution in [0, 0.1) is 5.92 Å². The summed E-state index contributed by atoms with van der Waals surface area (Å²) in [6.07, 6.45) is 0. The molecule has 2 aliphatic heterocycles. The highest BCUT2D eigenvalue weighted by atomic mass is 16.7. The number of carbonyl (C=O) groups excluding carboxylic acids is 2. The Morgan fingerprint density at radius 1 is 0.914 bits per heavy atom. The minimum atomic E-state index is -0.833. The SMILES string of the molecule is COc1cc2cc3c(c(-c4cc5c(cc4OC(=O)[C@@H](N)C(C)C)OCO5)c2cc1OC)C(=O)OC3. The van der Waals surface area contributed by atoms with Crippen molar-refractivity contribution in [1.29, 1.82) is 0 Å². The Morgan fingerprint density at radius 3 is 2.29 bits per heavy atom. The maximum Gasteiger partial charge on any atom is 0.339 e. The summed E-state index contributed by atoms with van der Waals surface area (Å²) in [7, 11) is 3.09. The van der Waals surface area contributed by atoms with E-state index in [2.05, 4.69) is 0 Å². The van der Waals surface area contributed by atoms with Gasteiger partial charge in [-0.1, -0.05) is 13.8 Å². The summed E-state index contributed by atoms with van der Waals surface area (Å²) in [5.41, 5.74) is 8.13. The number of methoxy groups -OCH3 is 2. The molecule has 0 aromatic heterocycles. The molecule has 2 aliphatic rings. The minimum absolute atomic E-state index is 0.0262. The third kappa shape index (κ3) is 3.77. The summed E-state index contributed by atoms with van der Waals surface area (Å²) in [4.78, 5) is 25.7. The van der Waals surface area contributed by atoms with Crippen LogP contribution in [0.1, 0.15) is 29.8 Å². The maximum absolute atomic E-state index is 12.9. The van der Waals surface area contributed by atoms with Gasteiger partial charge in [-0.25, -0.2) is 9.59 Å². The van der Waals surface area contributed by atoms with Gasteiger partial charge in [0.1, 0.15) is 18.4 Å². The normalized spacial score (nSPS) is 14.6. The molecule has 2 N–H and O–H groups in total. The summed E-state index contributed by atoms with van der Waals surface area (Å²) < 4.78 is 33.3. The quantitative estimate of drug-likeness (QED) is 0.416. The van der Waals surface area contributed by atoms with Crippen LogP contribution in [0.25, 0.3) is 21.9 Å². The predicted octanol–water partition coefficient (Wildman–Crippen LogP) is 3.81. The van der Waals surface area contributed by atoms with Crippen molar-refractivity contribution in [2.24, 2.45) is 11.7 Å². The molecule has 0 unspecified atom stereocenters. The Balaban J connectivity index is 1.81. The van der Waals surface area contributed by atoms with Crippen LogP contribution >= 0.6 is 0 Å². The highest BCUT2D eigenvalue weighted by Gasteiger charge is 2.32. The molecule has 35 heavy (non-hydrogen) atoms. The summed E-state index contributed by atoms with van der Waals surface area (Å²) in [6.45, 7) is 3.82. The van der Waals surface area contributed by atoms with E-state index in [0.717, 1.165) is 5.39 Å². The summed E-state index contributed by atoms with van der Waals surface area (Å²) in [5.74, 6) is 0.899. The third-order valence-corrected chi connectivity index (χ3v) is 6.23. The van der Waals surface area contributed by atoms with E-state index in [1.54, 1.807) is 25.3 Å². The minimum Gasteiger partial charge on any atom is -0.493 e. The van der Waals surface area contributed by atoms with Gasteiger partial charge in [0.2, 0.25) is 6.79 Å².